The average Bonchev–Trinajstić information content (AvgIpc) is 2.11. The highest BCUT2D eigenvalue weighted by Gasteiger charge is 2.11. The van der Waals surface area contributed by atoms with E-state index >= 15 is 0 Å². The predicted octanol–water partition coefficient (Wildman–Crippen LogP) is 2.34. The van der Waals surface area contributed by atoms with Crippen LogP contribution in [-0.4, -0.2) is 12.6 Å². The van der Waals surface area contributed by atoms with E-state index < -0.39 is 0 Å². The summed E-state index contributed by atoms with van der Waals surface area (Å²) in [7, 11) is 0. The van der Waals surface area contributed by atoms with Crippen molar-refractivity contribution in [2.75, 3.05) is 12.3 Å². The summed E-state index contributed by atoms with van der Waals surface area (Å²) in [6.07, 6.45) is 0.124. The highest BCUT2D eigenvalue weighted by Crippen LogP contribution is 2.24. The molecule has 0 saturated heterocycles. The molecule has 82 valence electrons. The van der Waals surface area contributed by atoms with Crippen LogP contribution in [0.2, 0.25) is 5.02 Å². The summed E-state index contributed by atoms with van der Waals surface area (Å²) in [5, 5.41) is 0.514. The average molecular weight is 228 g/mol. The van der Waals surface area contributed by atoms with E-state index in [9.17, 15) is 4.79 Å². The second kappa shape index (κ2) is 5.03. The van der Waals surface area contributed by atoms with Crippen LogP contribution in [0.1, 0.15) is 18.1 Å². The van der Waals surface area contributed by atoms with E-state index in [2.05, 4.69) is 0 Å². The molecule has 3 nitrogen and oxygen atoms in total. The molecule has 0 aliphatic carbocycles. The molecule has 0 heterocycles. The number of hydrogen-bond donors (Lipinski definition) is 1. The number of ether oxygens (including phenoxy) is 1. The van der Waals surface area contributed by atoms with Crippen LogP contribution in [0, 0.1) is 6.92 Å². The Morgan fingerprint density at radius 1 is 1.53 bits per heavy atom. The fraction of sp³-hybridized carbons (Fsp3) is 0.364. The minimum atomic E-state index is -0.310. The molecule has 0 aliphatic heterocycles. The summed E-state index contributed by atoms with van der Waals surface area (Å²) < 4.78 is 4.83. The number of halogens is 1. The Bertz CT molecular complexity index is 354. The zero-order valence-electron chi connectivity index (χ0n) is 8.84. The Balaban J connectivity index is 2.90. The molecule has 0 amide bonds. The molecule has 0 saturated carbocycles. The van der Waals surface area contributed by atoms with E-state index in [-0.39, 0.29) is 12.4 Å². The van der Waals surface area contributed by atoms with Gasteiger partial charge < -0.3 is 10.5 Å². The van der Waals surface area contributed by atoms with Crippen LogP contribution < -0.4 is 5.73 Å². The molecule has 2 N–H and O–H groups in total. The van der Waals surface area contributed by atoms with Crippen molar-refractivity contribution in [3.63, 3.8) is 0 Å². The number of hydrogen-bond acceptors (Lipinski definition) is 3. The number of aryl methyl sites for hydroxylation is 1. The van der Waals surface area contributed by atoms with Crippen molar-refractivity contribution in [2.45, 2.75) is 20.3 Å². The summed E-state index contributed by atoms with van der Waals surface area (Å²) >= 11 is 5.99. The molecule has 0 spiro atoms. The lowest BCUT2D eigenvalue weighted by Gasteiger charge is -2.08. The second-order valence-electron chi connectivity index (χ2n) is 3.30. The molecule has 15 heavy (non-hydrogen) atoms. The van der Waals surface area contributed by atoms with Crippen LogP contribution in [0.15, 0.2) is 12.1 Å². The maximum absolute atomic E-state index is 11.3. The third kappa shape index (κ3) is 3.13. The highest BCUT2D eigenvalue weighted by molar-refractivity contribution is 6.32. The summed E-state index contributed by atoms with van der Waals surface area (Å²) in [6, 6.07) is 3.58. The van der Waals surface area contributed by atoms with Gasteiger partial charge in [0.25, 0.3) is 0 Å². The van der Waals surface area contributed by atoms with Crippen molar-refractivity contribution < 1.29 is 9.53 Å². The SMILES string of the molecule is CCOC(=O)Cc1c(N)cc(C)cc1Cl. The van der Waals surface area contributed by atoms with Gasteiger partial charge in [0.15, 0.2) is 0 Å². The van der Waals surface area contributed by atoms with Crippen molar-refractivity contribution in [3.05, 3.63) is 28.3 Å². The van der Waals surface area contributed by atoms with Crippen molar-refractivity contribution in [2.24, 2.45) is 0 Å². The molecule has 4 heteroatoms. The minimum absolute atomic E-state index is 0.124. The number of carbonyl (C=O) groups is 1. The predicted molar refractivity (Wildman–Crippen MR) is 60.9 cm³/mol. The third-order valence-corrected chi connectivity index (χ3v) is 2.34. The van der Waals surface area contributed by atoms with Gasteiger partial charge in [0.1, 0.15) is 0 Å². The maximum Gasteiger partial charge on any atom is 0.310 e. The van der Waals surface area contributed by atoms with Crippen LogP contribution in [0.25, 0.3) is 0 Å². The van der Waals surface area contributed by atoms with Crippen molar-refractivity contribution >= 4 is 23.3 Å². The first-order valence-electron chi connectivity index (χ1n) is 4.74. The Morgan fingerprint density at radius 2 is 2.20 bits per heavy atom. The van der Waals surface area contributed by atoms with E-state index in [1.807, 2.05) is 6.92 Å². The monoisotopic (exact) mass is 227 g/mol. The fourth-order valence-electron chi connectivity index (χ4n) is 1.34. The first-order valence-corrected chi connectivity index (χ1v) is 5.12. The van der Waals surface area contributed by atoms with E-state index in [0.717, 1.165) is 5.56 Å². The first-order chi connectivity index (χ1) is 7.04. The molecule has 0 aromatic heterocycles. The smallest absolute Gasteiger partial charge is 0.310 e. The number of esters is 1. The van der Waals surface area contributed by atoms with Gasteiger partial charge >= 0.3 is 5.97 Å². The van der Waals surface area contributed by atoms with Gasteiger partial charge in [-0.25, -0.2) is 0 Å². The first kappa shape index (κ1) is 11.9. The van der Waals surface area contributed by atoms with Gasteiger partial charge in [-0.2, -0.15) is 0 Å². The Morgan fingerprint density at radius 3 is 2.73 bits per heavy atom. The topological polar surface area (TPSA) is 52.3 Å². The fourth-order valence-corrected chi connectivity index (χ4v) is 1.69. The number of nitrogen functional groups attached to an aromatic ring is 1. The standard InChI is InChI=1S/C11H14ClNO2/c1-3-15-11(14)6-8-9(12)4-7(2)5-10(8)13/h4-5H,3,6,13H2,1-2H3. The van der Waals surface area contributed by atoms with Crippen LogP contribution >= 0.6 is 11.6 Å². The van der Waals surface area contributed by atoms with E-state index in [0.29, 0.717) is 22.9 Å². The minimum Gasteiger partial charge on any atom is -0.466 e. The molecule has 0 unspecified atom stereocenters. The van der Waals surface area contributed by atoms with Crippen molar-refractivity contribution in [3.8, 4) is 0 Å². The van der Waals surface area contributed by atoms with Gasteiger partial charge in [-0.1, -0.05) is 11.6 Å². The van der Waals surface area contributed by atoms with Gasteiger partial charge in [0, 0.05) is 16.3 Å². The summed E-state index contributed by atoms with van der Waals surface area (Å²) in [5.41, 5.74) is 7.93. The number of anilines is 1. The molecule has 0 atom stereocenters. The van der Waals surface area contributed by atoms with Crippen LogP contribution in [0.3, 0.4) is 0 Å². The highest BCUT2D eigenvalue weighted by atomic mass is 35.5. The molecule has 0 fully saturated rings. The quantitative estimate of drug-likeness (QED) is 0.637. The van der Waals surface area contributed by atoms with Crippen LogP contribution in [0.5, 0.6) is 0 Å². The Labute approximate surface area is 94.2 Å². The van der Waals surface area contributed by atoms with Crippen LogP contribution in [0.4, 0.5) is 5.69 Å². The number of rotatable bonds is 3. The molecule has 0 bridgehead atoms. The van der Waals surface area contributed by atoms with Gasteiger partial charge in [0.2, 0.25) is 0 Å². The lowest BCUT2D eigenvalue weighted by molar-refractivity contribution is -0.142. The molecule has 1 aromatic carbocycles. The summed E-state index contributed by atoms with van der Waals surface area (Å²) in [6.45, 7) is 4.02. The normalized spacial score (nSPS) is 10.1. The number of carbonyl (C=O) groups excluding carboxylic acids is 1. The van der Waals surface area contributed by atoms with Crippen LogP contribution in [-0.2, 0) is 16.0 Å². The Hall–Kier alpha value is -1.22. The van der Waals surface area contributed by atoms with E-state index in [4.69, 9.17) is 22.1 Å². The van der Waals surface area contributed by atoms with Gasteiger partial charge in [-0.3, -0.25) is 4.79 Å². The lowest BCUT2D eigenvalue weighted by Crippen LogP contribution is -2.09. The molecule has 0 aliphatic rings. The molecule has 0 radical (unpaired) electrons. The van der Waals surface area contributed by atoms with Gasteiger partial charge in [-0.05, 0) is 31.5 Å². The Kier molecular flexibility index (Phi) is 3.97. The second-order valence-corrected chi connectivity index (χ2v) is 3.70. The summed E-state index contributed by atoms with van der Waals surface area (Å²) in [4.78, 5) is 11.3. The number of benzene rings is 1. The third-order valence-electron chi connectivity index (χ3n) is 2.00. The zero-order valence-corrected chi connectivity index (χ0v) is 9.60. The molecule has 1 aromatic rings. The molecule has 1 rings (SSSR count). The van der Waals surface area contributed by atoms with Crippen molar-refractivity contribution in [1.29, 1.82) is 0 Å². The largest absolute Gasteiger partial charge is 0.466 e. The van der Waals surface area contributed by atoms with E-state index in [1.165, 1.54) is 0 Å². The van der Waals surface area contributed by atoms with E-state index in [1.54, 1.807) is 19.1 Å². The molecular formula is C11H14ClNO2. The van der Waals surface area contributed by atoms with Gasteiger partial charge in [-0.15, -0.1) is 0 Å². The number of nitrogens with two attached hydrogens (primary N) is 1. The summed E-state index contributed by atoms with van der Waals surface area (Å²) in [5.74, 6) is -0.310. The zero-order chi connectivity index (χ0) is 11.4. The molecular weight excluding hydrogens is 214 g/mol. The maximum atomic E-state index is 11.3. The van der Waals surface area contributed by atoms with Gasteiger partial charge in [0.05, 0.1) is 13.0 Å². The lowest BCUT2D eigenvalue weighted by atomic mass is 10.1. The van der Waals surface area contributed by atoms with Crippen molar-refractivity contribution in [1.82, 2.24) is 0 Å².